The van der Waals surface area contributed by atoms with Crippen molar-refractivity contribution in [2.75, 3.05) is 26.2 Å². The van der Waals surface area contributed by atoms with Gasteiger partial charge in [0.2, 0.25) is 5.91 Å². The third kappa shape index (κ3) is 5.34. The molecule has 5 heteroatoms. The fourth-order valence-electron chi connectivity index (χ4n) is 5.03. The van der Waals surface area contributed by atoms with Crippen LogP contribution in [0.3, 0.4) is 0 Å². The van der Waals surface area contributed by atoms with Crippen LogP contribution in [0.25, 0.3) is 0 Å². The van der Waals surface area contributed by atoms with Crippen molar-refractivity contribution in [2.45, 2.75) is 45.2 Å². The first kappa shape index (κ1) is 21.6. The first-order valence-electron chi connectivity index (χ1n) is 11.5. The average Bonchev–Trinajstić information content (AvgIpc) is 3.33. The van der Waals surface area contributed by atoms with Gasteiger partial charge in [0.05, 0.1) is 6.04 Å². The van der Waals surface area contributed by atoms with Crippen molar-refractivity contribution in [3.63, 3.8) is 0 Å². The number of carbonyl (C=O) groups is 2. The first-order chi connectivity index (χ1) is 15.1. The summed E-state index contributed by atoms with van der Waals surface area (Å²) in [5.41, 5.74) is 3.08. The lowest BCUT2D eigenvalue weighted by Crippen LogP contribution is -2.57. The Morgan fingerprint density at radius 2 is 1.68 bits per heavy atom. The number of amides is 2. The molecule has 0 spiro atoms. The van der Waals surface area contributed by atoms with Gasteiger partial charge in [-0.25, -0.2) is 0 Å². The van der Waals surface area contributed by atoms with Gasteiger partial charge in [-0.05, 0) is 43.4 Å². The van der Waals surface area contributed by atoms with E-state index in [2.05, 4.69) is 35.3 Å². The molecule has 5 nitrogen and oxygen atoms in total. The van der Waals surface area contributed by atoms with Gasteiger partial charge in [0, 0.05) is 38.3 Å². The molecule has 0 bridgehead atoms. The van der Waals surface area contributed by atoms with Gasteiger partial charge in [-0.3, -0.25) is 14.5 Å². The summed E-state index contributed by atoms with van der Waals surface area (Å²) in [5, 5.41) is 3.20. The minimum atomic E-state index is -0.0960. The Kier molecular flexibility index (Phi) is 7.03. The monoisotopic (exact) mass is 419 g/mol. The molecule has 2 aromatic rings. The van der Waals surface area contributed by atoms with Crippen LogP contribution in [0, 0.1) is 12.8 Å². The molecule has 2 fully saturated rings. The number of carbonyl (C=O) groups excluding carboxylic acids is 2. The summed E-state index contributed by atoms with van der Waals surface area (Å²) in [4.78, 5) is 30.3. The normalized spacial score (nSPS) is 18.7. The Balaban J connectivity index is 1.39. The van der Waals surface area contributed by atoms with Crippen LogP contribution in [-0.2, 0) is 11.3 Å². The van der Waals surface area contributed by atoms with Crippen molar-refractivity contribution in [3.05, 3.63) is 71.3 Å². The number of nitrogens with one attached hydrogen (secondary N) is 1. The van der Waals surface area contributed by atoms with Gasteiger partial charge in [0.15, 0.2) is 0 Å². The molecule has 1 atom stereocenters. The first-order valence-corrected chi connectivity index (χ1v) is 11.5. The maximum absolute atomic E-state index is 13.3. The summed E-state index contributed by atoms with van der Waals surface area (Å²) < 4.78 is 0. The second-order valence-corrected chi connectivity index (χ2v) is 8.89. The Morgan fingerprint density at radius 3 is 2.35 bits per heavy atom. The van der Waals surface area contributed by atoms with E-state index in [0.717, 1.165) is 37.1 Å². The summed E-state index contributed by atoms with van der Waals surface area (Å²) in [5.74, 6) is 0.631. The van der Waals surface area contributed by atoms with Gasteiger partial charge in [-0.2, -0.15) is 0 Å². The lowest BCUT2D eigenvalue weighted by Gasteiger charge is -2.40. The maximum atomic E-state index is 13.3. The van der Waals surface area contributed by atoms with Crippen molar-refractivity contribution in [2.24, 2.45) is 5.92 Å². The minimum absolute atomic E-state index is 0.0848. The van der Waals surface area contributed by atoms with Gasteiger partial charge >= 0.3 is 0 Å². The fourth-order valence-corrected chi connectivity index (χ4v) is 5.03. The largest absolute Gasteiger partial charge is 0.351 e. The highest BCUT2D eigenvalue weighted by atomic mass is 16.2. The Bertz CT molecular complexity index is 885. The Morgan fingerprint density at radius 1 is 0.968 bits per heavy atom. The van der Waals surface area contributed by atoms with Crippen LogP contribution < -0.4 is 5.32 Å². The molecule has 1 heterocycles. The third-order valence-corrected chi connectivity index (χ3v) is 6.68. The third-order valence-electron chi connectivity index (χ3n) is 6.68. The van der Waals surface area contributed by atoms with E-state index in [4.69, 9.17) is 0 Å². The van der Waals surface area contributed by atoms with Crippen LogP contribution in [0.2, 0.25) is 0 Å². The summed E-state index contributed by atoms with van der Waals surface area (Å²) in [6.07, 6.45) is 4.65. The van der Waals surface area contributed by atoms with Crippen LogP contribution in [0.15, 0.2) is 54.6 Å². The average molecular weight is 420 g/mol. The molecule has 2 aromatic carbocycles. The van der Waals surface area contributed by atoms with Crippen LogP contribution in [0.4, 0.5) is 0 Å². The molecule has 0 aromatic heterocycles. The van der Waals surface area contributed by atoms with E-state index < -0.39 is 0 Å². The van der Waals surface area contributed by atoms with Crippen LogP contribution >= 0.6 is 0 Å². The highest BCUT2D eigenvalue weighted by molar-refractivity contribution is 5.94. The Hall–Kier alpha value is -2.66. The molecule has 1 saturated carbocycles. The van der Waals surface area contributed by atoms with Crippen LogP contribution in [0.5, 0.6) is 0 Å². The molecule has 164 valence electrons. The molecule has 31 heavy (non-hydrogen) atoms. The second-order valence-electron chi connectivity index (χ2n) is 8.89. The van der Waals surface area contributed by atoms with E-state index in [1.54, 1.807) is 0 Å². The van der Waals surface area contributed by atoms with Crippen molar-refractivity contribution >= 4 is 11.8 Å². The Labute approximate surface area is 185 Å². The number of aryl methyl sites for hydroxylation is 1. The summed E-state index contributed by atoms with van der Waals surface area (Å²) >= 11 is 0. The number of nitrogens with zero attached hydrogens (tertiary/aromatic N) is 2. The molecule has 0 radical (unpaired) electrons. The predicted molar refractivity (Wildman–Crippen MR) is 123 cm³/mol. The zero-order chi connectivity index (χ0) is 21.6. The molecule has 2 aliphatic rings. The molecule has 2 amide bonds. The quantitative estimate of drug-likeness (QED) is 0.778. The number of hydrogen-bond acceptors (Lipinski definition) is 3. The molecule has 1 saturated heterocycles. The van der Waals surface area contributed by atoms with Crippen LogP contribution in [-0.4, -0.2) is 53.8 Å². The fraction of sp³-hybridized carbons (Fsp3) is 0.462. The number of hydrogen-bond donors (Lipinski definition) is 1. The van der Waals surface area contributed by atoms with E-state index >= 15 is 0 Å². The zero-order valence-corrected chi connectivity index (χ0v) is 18.4. The van der Waals surface area contributed by atoms with Gasteiger partial charge in [0.1, 0.15) is 0 Å². The van der Waals surface area contributed by atoms with E-state index in [0.29, 0.717) is 25.6 Å². The number of rotatable bonds is 6. The van der Waals surface area contributed by atoms with Gasteiger partial charge in [-0.1, -0.05) is 60.9 Å². The lowest BCUT2D eigenvalue weighted by atomic mass is 9.94. The molecular weight excluding hydrogens is 386 g/mol. The van der Waals surface area contributed by atoms with Crippen molar-refractivity contribution in [1.29, 1.82) is 0 Å². The smallest absolute Gasteiger partial charge is 0.253 e. The van der Waals surface area contributed by atoms with Gasteiger partial charge in [0.25, 0.3) is 5.91 Å². The maximum Gasteiger partial charge on any atom is 0.253 e. The van der Waals surface area contributed by atoms with E-state index in [9.17, 15) is 9.59 Å². The van der Waals surface area contributed by atoms with Crippen molar-refractivity contribution in [1.82, 2.24) is 15.1 Å². The molecule has 4 rings (SSSR count). The van der Waals surface area contributed by atoms with Gasteiger partial charge < -0.3 is 10.2 Å². The predicted octanol–water partition coefficient (Wildman–Crippen LogP) is 3.63. The van der Waals surface area contributed by atoms with E-state index in [1.165, 1.54) is 18.4 Å². The van der Waals surface area contributed by atoms with E-state index in [1.807, 2.05) is 41.3 Å². The molecular formula is C26H33N3O2. The molecule has 1 aliphatic carbocycles. The zero-order valence-electron chi connectivity index (χ0n) is 18.4. The summed E-state index contributed by atoms with van der Waals surface area (Å²) in [7, 11) is 0. The van der Waals surface area contributed by atoms with E-state index in [-0.39, 0.29) is 17.9 Å². The van der Waals surface area contributed by atoms with Crippen molar-refractivity contribution < 1.29 is 9.59 Å². The lowest BCUT2D eigenvalue weighted by molar-refractivity contribution is -0.129. The summed E-state index contributed by atoms with van der Waals surface area (Å²) in [6.45, 7) is 5.47. The molecule has 1 unspecified atom stereocenters. The van der Waals surface area contributed by atoms with Gasteiger partial charge in [-0.15, -0.1) is 0 Å². The highest BCUT2D eigenvalue weighted by Gasteiger charge is 2.37. The second kappa shape index (κ2) is 10.1. The number of benzene rings is 2. The molecule has 1 aliphatic heterocycles. The minimum Gasteiger partial charge on any atom is -0.351 e. The highest BCUT2D eigenvalue weighted by Crippen LogP contribution is 2.31. The molecule has 1 N–H and O–H groups in total. The topological polar surface area (TPSA) is 52.7 Å². The van der Waals surface area contributed by atoms with Crippen LogP contribution in [0.1, 0.15) is 47.2 Å². The number of piperazine rings is 1. The standard InChI is InChI=1S/C26H33N3O2/c1-20-8-7-9-21(18-20)19-27-25(30)24(22-10-5-6-11-22)28-14-16-29(17-15-28)26(31)23-12-3-2-4-13-23/h2-4,7-9,12-13,18,22,24H,5-6,10-11,14-17,19H2,1H3,(H,27,30). The SMILES string of the molecule is Cc1cccc(CNC(=O)C(C2CCCC2)N2CCN(C(=O)c3ccccc3)CC2)c1. The van der Waals surface area contributed by atoms with Crippen molar-refractivity contribution in [3.8, 4) is 0 Å². The summed E-state index contributed by atoms with van der Waals surface area (Å²) in [6, 6.07) is 17.7.